The van der Waals surface area contributed by atoms with Crippen LogP contribution in [0.5, 0.6) is 5.75 Å². The van der Waals surface area contributed by atoms with E-state index in [1.165, 1.54) is 0 Å². The number of rotatable bonds is 11. The first-order chi connectivity index (χ1) is 19.0. The Labute approximate surface area is 226 Å². The molecule has 1 amide bonds. The van der Waals surface area contributed by atoms with Gasteiger partial charge in [-0.3, -0.25) is 9.78 Å². The maximum absolute atomic E-state index is 13.0. The standard InChI is InChI=1S/C28H31N9O2/c1-4-37(12-11-29-2)27(38)26-14-19-13-20(5-6-23(19)34-26)33-28-31-10-8-24(35-28)25-15-22(7-9-30-25)39-17-21-16-36(3)18-32-21/h5-10,13-16,18,29,34H,4,11-12,17H2,1-3H3,(H,31,33,35). The number of nitrogens with one attached hydrogen (secondary N) is 3. The number of hydrogen-bond acceptors (Lipinski definition) is 8. The molecule has 4 aromatic heterocycles. The Balaban J connectivity index is 1.29. The number of imidazole rings is 1. The zero-order valence-corrected chi connectivity index (χ0v) is 22.2. The number of aromatic amines is 1. The van der Waals surface area contributed by atoms with Crippen LogP contribution in [0.2, 0.25) is 0 Å². The minimum absolute atomic E-state index is 0.0202. The topological polar surface area (TPSA) is 126 Å². The van der Waals surface area contributed by atoms with Crippen LogP contribution >= 0.6 is 0 Å². The number of aryl methyl sites for hydroxylation is 1. The zero-order valence-electron chi connectivity index (χ0n) is 22.2. The number of anilines is 2. The fourth-order valence-electron chi connectivity index (χ4n) is 4.18. The number of hydrogen-bond donors (Lipinski definition) is 3. The molecule has 0 spiro atoms. The molecular weight excluding hydrogens is 494 g/mol. The fourth-order valence-corrected chi connectivity index (χ4v) is 4.18. The van der Waals surface area contributed by atoms with Crippen molar-refractivity contribution in [3.8, 4) is 17.1 Å². The van der Waals surface area contributed by atoms with Crippen LogP contribution in [0.1, 0.15) is 23.1 Å². The monoisotopic (exact) mass is 525 g/mol. The highest BCUT2D eigenvalue weighted by atomic mass is 16.5. The fraction of sp³-hybridized carbons (Fsp3) is 0.250. The maximum atomic E-state index is 13.0. The predicted octanol–water partition coefficient (Wildman–Crippen LogP) is 3.76. The Morgan fingerprint density at radius 1 is 1.08 bits per heavy atom. The molecule has 0 aliphatic carbocycles. The van der Waals surface area contributed by atoms with Crippen molar-refractivity contribution in [1.29, 1.82) is 0 Å². The molecule has 0 atom stereocenters. The number of nitrogens with zero attached hydrogens (tertiary/aromatic N) is 6. The Morgan fingerprint density at radius 3 is 2.74 bits per heavy atom. The van der Waals surface area contributed by atoms with Crippen LogP contribution < -0.4 is 15.4 Å². The van der Waals surface area contributed by atoms with Crippen molar-refractivity contribution in [2.24, 2.45) is 7.05 Å². The van der Waals surface area contributed by atoms with Crippen molar-refractivity contribution in [1.82, 2.24) is 39.7 Å². The molecule has 5 aromatic rings. The van der Waals surface area contributed by atoms with Gasteiger partial charge in [-0.05, 0) is 50.4 Å². The lowest BCUT2D eigenvalue weighted by molar-refractivity contribution is 0.0761. The first-order valence-electron chi connectivity index (χ1n) is 12.7. The van der Waals surface area contributed by atoms with Gasteiger partial charge in [-0.15, -0.1) is 0 Å². The summed E-state index contributed by atoms with van der Waals surface area (Å²) in [6, 6.07) is 13.2. The van der Waals surface area contributed by atoms with Gasteiger partial charge in [-0.1, -0.05) is 0 Å². The number of amides is 1. The molecule has 0 radical (unpaired) electrons. The summed E-state index contributed by atoms with van der Waals surface area (Å²) in [6.45, 7) is 4.38. The van der Waals surface area contributed by atoms with Crippen LogP contribution in [0, 0.1) is 0 Å². The minimum Gasteiger partial charge on any atom is -0.487 e. The molecular formula is C28H31N9O2. The maximum Gasteiger partial charge on any atom is 0.270 e. The predicted molar refractivity (Wildman–Crippen MR) is 150 cm³/mol. The number of ether oxygens (including phenoxy) is 1. The summed E-state index contributed by atoms with van der Waals surface area (Å²) in [4.78, 5) is 35.8. The van der Waals surface area contributed by atoms with E-state index in [2.05, 4.69) is 35.6 Å². The first kappa shape index (κ1) is 25.9. The number of pyridine rings is 1. The third-order valence-corrected chi connectivity index (χ3v) is 6.20. The second kappa shape index (κ2) is 11.7. The van der Waals surface area contributed by atoms with E-state index in [-0.39, 0.29) is 5.91 Å². The number of benzene rings is 1. The molecule has 39 heavy (non-hydrogen) atoms. The molecule has 0 bridgehead atoms. The van der Waals surface area contributed by atoms with E-state index in [4.69, 9.17) is 4.74 Å². The van der Waals surface area contributed by atoms with Crippen LogP contribution in [0.4, 0.5) is 11.6 Å². The average molecular weight is 526 g/mol. The lowest BCUT2D eigenvalue weighted by Gasteiger charge is -2.19. The lowest BCUT2D eigenvalue weighted by Crippen LogP contribution is -2.36. The molecule has 1 aromatic carbocycles. The highest BCUT2D eigenvalue weighted by Crippen LogP contribution is 2.25. The van der Waals surface area contributed by atoms with Gasteiger partial charge in [-0.2, -0.15) is 0 Å². The van der Waals surface area contributed by atoms with E-state index in [0.717, 1.165) is 28.8 Å². The molecule has 0 saturated heterocycles. The molecule has 5 rings (SSSR count). The van der Waals surface area contributed by atoms with E-state index >= 15 is 0 Å². The van der Waals surface area contributed by atoms with Gasteiger partial charge < -0.3 is 29.8 Å². The van der Waals surface area contributed by atoms with Crippen LogP contribution in [0.25, 0.3) is 22.3 Å². The molecule has 11 heteroatoms. The van der Waals surface area contributed by atoms with Crippen molar-refractivity contribution in [3.63, 3.8) is 0 Å². The number of likely N-dealkylation sites (N-methyl/N-ethyl adjacent to an activating group) is 2. The summed E-state index contributed by atoms with van der Waals surface area (Å²) in [5.41, 5.74) is 4.43. The highest BCUT2D eigenvalue weighted by molar-refractivity contribution is 5.98. The van der Waals surface area contributed by atoms with Gasteiger partial charge in [0.2, 0.25) is 5.95 Å². The van der Waals surface area contributed by atoms with Crippen molar-refractivity contribution in [3.05, 3.63) is 78.8 Å². The second-order valence-corrected chi connectivity index (χ2v) is 9.06. The van der Waals surface area contributed by atoms with Gasteiger partial charge in [0.1, 0.15) is 18.1 Å². The summed E-state index contributed by atoms with van der Waals surface area (Å²) >= 11 is 0. The lowest BCUT2D eigenvalue weighted by atomic mass is 10.2. The third-order valence-electron chi connectivity index (χ3n) is 6.20. The van der Waals surface area contributed by atoms with Crippen molar-refractivity contribution in [2.45, 2.75) is 13.5 Å². The minimum atomic E-state index is -0.0202. The van der Waals surface area contributed by atoms with Gasteiger partial charge >= 0.3 is 0 Å². The third kappa shape index (κ3) is 6.21. The van der Waals surface area contributed by atoms with Crippen LogP contribution in [-0.2, 0) is 13.7 Å². The Morgan fingerprint density at radius 2 is 1.95 bits per heavy atom. The molecule has 0 saturated carbocycles. The van der Waals surface area contributed by atoms with Crippen molar-refractivity contribution >= 4 is 28.4 Å². The van der Waals surface area contributed by atoms with Gasteiger partial charge in [0.05, 0.1) is 23.4 Å². The average Bonchev–Trinajstić information content (AvgIpc) is 3.58. The van der Waals surface area contributed by atoms with E-state index in [1.807, 2.05) is 67.0 Å². The molecule has 0 aliphatic rings. The molecule has 0 unspecified atom stereocenters. The SMILES string of the molecule is CCN(CCNC)C(=O)c1cc2cc(Nc3nccc(-c4cc(OCc5cn(C)cn5)ccn4)n3)ccc2[nH]1. The van der Waals surface area contributed by atoms with Crippen LogP contribution in [0.3, 0.4) is 0 Å². The smallest absolute Gasteiger partial charge is 0.270 e. The van der Waals surface area contributed by atoms with Crippen LogP contribution in [-0.4, -0.2) is 67.0 Å². The number of carbonyl (C=O) groups excluding carboxylic acids is 1. The van der Waals surface area contributed by atoms with Crippen molar-refractivity contribution in [2.75, 3.05) is 32.0 Å². The summed E-state index contributed by atoms with van der Waals surface area (Å²) in [6.07, 6.45) is 7.03. The molecule has 3 N–H and O–H groups in total. The summed E-state index contributed by atoms with van der Waals surface area (Å²) in [7, 11) is 3.80. The quantitative estimate of drug-likeness (QED) is 0.238. The van der Waals surface area contributed by atoms with Crippen molar-refractivity contribution < 1.29 is 9.53 Å². The second-order valence-electron chi connectivity index (χ2n) is 9.06. The van der Waals surface area contributed by atoms with Gasteiger partial charge in [0.25, 0.3) is 5.91 Å². The molecule has 200 valence electrons. The number of aromatic nitrogens is 6. The summed E-state index contributed by atoms with van der Waals surface area (Å²) < 4.78 is 7.77. The first-order valence-corrected chi connectivity index (χ1v) is 12.7. The number of carbonyl (C=O) groups is 1. The molecule has 11 nitrogen and oxygen atoms in total. The molecule has 0 aliphatic heterocycles. The Bertz CT molecular complexity index is 1580. The van der Waals surface area contributed by atoms with E-state index in [1.54, 1.807) is 30.9 Å². The normalized spacial score (nSPS) is 11.1. The number of H-pyrrole nitrogens is 1. The van der Waals surface area contributed by atoms with E-state index in [9.17, 15) is 4.79 Å². The summed E-state index contributed by atoms with van der Waals surface area (Å²) in [5, 5.41) is 7.27. The van der Waals surface area contributed by atoms with Crippen LogP contribution in [0.15, 0.2) is 67.4 Å². The van der Waals surface area contributed by atoms with Gasteiger partial charge in [0.15, 0.2) is 0 Å². The van der Waals surface area contributed by atoms with E-state index in [0.29, 0.717) is 48.5 Å². The van der Waals surface area contributed by atoms with Gasteiger partial charge in [0, 0.05) is 67.9 Å². The number of fused-ring (bicyclic) bond motifs is 1. The summed E-state index contributed by atoms with van der Waals surface area (Å²) in [5.74, 6) is 1.09. The largest absolute Gasteiger partial charge is 0.487 e. The van der Waals surface area contributed by atoms with E-state index < -0.39 is 0 Å². The highest BCUT2D eigenvalue weighted by Gasteiger charge is 2.16. The molecule has 0 fully saturated rings. The zero-order chi connectivity index (χ0) is 27.2. The molecule has 4 heterocycles. The Kier molecular flexibility index (Phi) is 7.78. The van der Waals surface area contributed by atoms with Gasteiger partial charge in [-0.25, -0.2) is 15.0 Å². The Hall–Kier alpha value is -4.77.